The summed E-state index contributed by atoms with van der Waals surface area (Å²) in [6, 6.07) is 29.1. The van der Waals surface area contributed by atoms with Gasteiger partial charge in [-0.25, -0.2) is 0 Å². The Morgan fingerprint density at radius 3 is 2.27 bits per heavy atom. The SMILES string of the molecule is [2H]c1c([2H])c([2H])c(C2([2H])CCC([2H])(c3cc(-c4[c-]ccc5c4oc4ccccc45)ncc3C([2H])([2H])[2H])CC2)c([2H])c1[2H].[CH3][Ge]([CH3])([CH3])[c]1ccc(-c2[c-]cccc2)nc1.[Ir]. The molecule has 7 aromatic rings. The first-order valence-electron chi connectivity index (χ1n) is 21.2. The summed E-state index contributed by atoms with van der Waals surface area (Å²) in [4.78, 5) is 9.00. The number of hydrogen-bond acceptors (Lipinski definition) is 3. The summed E-state index contributed by atoms with van der Waals surface area (Å²) >= 11 is -1.72. The van der Waals surface area contributed by atoms with Crippen molar-refractivity contribution in [3.63, 3.8) is 0 Å². The molecule has 3 heterocycles. The fourth-order valence-corrected chi connectivity index (χ4v) is 8.29. The number of rotatable bonds is 5. The van der Waals surface area contributed by atoms with E-state index < -0.39 is 62.1 Å². The first-order valence-corrected chi connectivity index (χ1v) is 23.5. The van der Waals surface area contributed by atoms with E-state index in [9.17, 15) is 1.37 Å². The van der Waals surface area contributed by atoms with Crippen molar-refractivity contribution < 1.29 is 38.2 Å². The van der Waals surface area contributed by atoms with Gasteiger partial charge in [0.15, 0.2) is 0 Å². The van der Waals surface area contributed by atoms with Gasteiger partial charge in [-0.3, -0.25) is 0 Å². The monoisotopic (exact) mass is 891 g/mol. The van der Waals surface area contributed by atoms with E-state index in [1.165, 1.54) is 10.6 Å². The molecule has 0 bridgehead atoms. The van der Waals surface area contributed by atoms with Crippen LogP contribution in [-0.4, -0.2) is 23.2 Å². The second kappa shape index (κ2) is 15.4. The number of benzene rings is 4. The Morgan fingerprint density at radius 2 is 1.55 bits per heavy atom. The molecular weight excluding hydrogens is 837 g/mol. The molecule has 1 aliphatic carbocycles. The summed E-state index contributed by atoms with van der Waals surface area (Å²) in [6.45, 7) is -2.55. The molecule has 8 rings (SSSR count). The Kier molecular flexibility index (Phi) is 7.64. The Balaban J connectivity index is 0.000000289. The van der Waals surface area contributed by atoms with Gasteiger partial charge in [-0.15, -0.1) is 18.2 Å². The minimum atomic E-state index is -2.55. The Bertz CT molecular complexity index is 2610. The van der Waals surface area contributed by atoms with Gasteiger partial charge in [0.1, 0.15) is 5.58 Å². The van der Waals surface area contributed by atoms with Crippen molar-refractivity contribution in [2.24, 2.45) is 0 Å². The number of nitrogens with zero attached hydrogens (tertiary/aromatic N) is 2. The van der Waals surface area contributed by atoms with Crippen molar-refractivity contribution in [3.8, 4) is 22.5 Å². The van der Waals surface area contributed by atoms with E-state index in [0.717, 1.165) is 22.0 Å². The summed E-state index contributed by atoms with van der Waals surface area (Å²) in [6.07, 6.45) is 3.42. The van der Waals surface area contributed by atoms with Crippen LogP contribution in [0.4, 0.5) is 0 Å². The zero-order valence-corrected chi connectivity index (χ0v) is 32.1. The molecule has 1 aliphatic rings. The molecule has 5 heteroatoms. The normalized spacial score (nSPS) is 22.3. The third-order valence-corrected chi connectivity index (χ3v) is 13.1. The van der Waals surface area contributed by atoms with Crippen LogP contribution in [0.2, 0.25) is 17.3 Å². The minimum Gasteiger partial charge on any atom is 0 e. The second-order valence-electron chi connectivity index (χ2n) is 13.0. The maximum atomic E-state index is 9.46. The van der Waals surface area contributed by atoms with Gasteiger partial charge in [0.05, 0.1) is 12.4 Å². The predicted octanol–water partition coefficient (Wildman–Crippen LogP) is 11.3. The molecule has 4 aromatic carbocycles. The standard InChI is InChI=1S/C30H26NO.C14H16GeN.Ir/c1-20-19-31-28(26-12-7-11-25-24-10-5-6-13-29(24)32-30(25)26)18-27(20)23-16-14-22(15-17-23)21-8-3-2-4-9-21;1-15(2,3)13-9-10-14(16-11-13)12-7-5-4-6-8-12;/h2-11,13,18-19,22-23H,14-17H2,1H3;4-7,9-11H,1-3H3;/q2*-1;/i1D3,2D,3D,4D,8D,9D,22D,23D;;. The number of aromatic nitrogens is 2. The number of pyridine rings is 2. The van der Waals surface area contributed by atoms with Crippen LogP contribution in [-0.2, 0) is 20.1 Å². The third-order valence-electron chi connectivity index (χ3n) is 8.80. The zero-order valence-electron chi connectivity index (χ0n) is 37.6. The van der Waals surface area contributed by atoms with Gasteiger partial charge < -0.3 is 9.40 Å². The molecule has 3 aromatic heterocycles. The average molecular weight is 890 g/mol. The quantitative estimate of drug-likeness (QED) is 0.128. The molecule has 3 nitrogen and oxygen atoms in total. The van der Waals surface area contributed by atoms with E-state index in [-0.39, 0.29) is 62.5 Å². The van der Waals surface area contributed by atoms with Crippen LogP contribution in [0.1, 0.15) is 67.9 Å². The molecule has 0 N–H and O–H groups in total. The van der Waals surface area contributed by atoms with Gasteiger partial charge >= 0.3 is 99.8 Å². The van der Waals surface area contributed by atoms with E-state index in [1.807, 2.05) is 60.8 Å². The van der Waals surface area contributed by atoms with Gasteiger partial charge in [-0.05, 0) is 72.8 Å². The molecule has 1 saturated carbocycles. The van der Waals surface area contributed by atoms with E-state index in [0.29, 0.717) is 22.4 Å². The molecule has 0 unspecified atom stereocenters. The van der Waals surface area contributed by atoms with Crippen LogP contribution in [0.25, 0.3) is 44.5 Å². The van der Waals surface area contributed by atoms with Gasteiger partial charge in [0, 0.05) is 38.5 Å². The maximum absolute atomic E-state index is 9.46. The first-order chi connectivity index (χ1) is 27.3. The molecule has 49 heavy (non-hydrogen) atoms. The van der Waals surface area contributed by atoms with Gasteiger partial charge in [-0.2, -0.15) is 0 Å². The fraction of sp³-hybridized carbons (Fsp3) is 0.227. The van der Waals surface area contributed by atoms with Crippen molar-refractivity contribution in [2.75, 3.05) is 0 Å². The maximum Gasteiger partial charge on any atom is 0 e. The Morgan fingerprint density at radius 1 is 0.796 bits per heavy atom. The van der Waals surface area contributed by atoms with E-state index in [1.54, 1.807) is 12.1 Å². The zero-order chi connectivity index (χ0) is 41.8. The van der Waals surface area contributed by atoms with Gasteiger partial charge in [-0.1, -0.05) is 65.4 Å². The van der Waals surface area contributed by atoms with Crippen molar-refractivity contribution in [2.45, 2.75) is 61.6 Å². The molecule has 0 amide bonds. The van der Waals surface area contributed by atoms with Crippen molar-refractivity contribution in [1.29, 1.82) is 0 Å². The number of furan rings is 1. The van der Waals surface area contributed by atoms with Crippen molar-refractivity contribution >= 4 is 39.6 Å². The van der Waals surface area contributed by atoms with Crippen LogP contribution >= 0.6 is 0 Å². The molecular formula is C44H42GeIrN2O-2. The third kappa shape index (κ3) is 7.83. The Hall–Kier alpha value is -3.83. The van der Waals surface area contributed by atoms with E-state index >= 15 is 0 Å². The fourth-order valence-electron chi connectivity index (χ4n) is 6.11. The van der Waals surface area contributed by atoms with Crippen LogP contribution in [0.15, 0.2) is 126 Å². The molecule has 0 saturated heterocycles. The number of hydrogen-bond donors (Lipinski definition) is 0. The minimum absolute atomic E-state index is 0. The van der Waals surface area contributed by atoms with Crippen LogP contribution < -0.4 is 4.40 Å². The van der Waals surface area contributed by atoms with Gasteiger partial charge in [0.25, 0.3) is 0 Å². The molecule has 1 radical (unpaired) electrons. The van der Waals surface area contributed by atoms with Crippen LogP contribution in [0, 0.1) is 19.0 Å². The smallest absolute Gasteiger partial charge is 0 e. The van der Waals surface area contributed by atoms with Crippen LogP contribution in [0.3, 0.4) is 0 Å². The summed E-state index contributed by atoms with van der Waals surface area (Å²) in [7, 11) is 0. The summed E-state index contributed by atoms with van der Waals surface area (Å²) in [5.41, 5.74) is 4.37. The molecule has 0 spiro atoms. The summed E-state index contributed by atoms with van der Waals surface area (Å²) in [5, 5.41) is 1.78. The first kappa shape index (κ1) is 24.3. The topological polar surface area (TPSA) is 38.9 Å². The Labute approximate surface area is 321 Å². The molecule has 0 aliphatic heterocycles. The molecule has 249 valence electrons. The average Bonchev–Trinajstić information content (AvgIpc) is 3.59. The predicted molar refractivity (Wildman–Crippen MR) is 202 cm³/mol. The number of para-hydroxylation sites is 1. The number of fused-ring (bicyclic) bond motifs is 3. The van der Waals surface area contributed by atoms with Crippen LogP contribution in [0.5, 0.6) is 0 Å². The van der Waals surface area contributed by atoms with Gasteiger partial charge in [0.2, 0.25) is 0 Å². The molecule has 0 atom stereocenters. The molecule has 1 fully saturated rings. The largest absolute Gasteiger partial charge is 0 e. The second-order valence-corrected chi connectivity index (χ2v) is 23.6. The summed E-state index contributed by atoms with van der Waals surface area (Å²) in [5.74, 6) is 4.20. The van der Waals surface area contributed by atoms with Crippen molar-refractivity contribution in [1.82, 2.24) is 9.97 Å². The van der Waals surface area contributed by atoms with E-state index in [4.69, 9.17) is 16.8 Å². The van der Waals surface area contributed by atoms with Crippen molar-refractivity contribution in [3.05, 3.63) is 150 Å². The number of aryl methyl sites for hydroxylation is 1. The van der Waals surface area contributed by atoms with E-state index in [2.05, 4.69) is 51.5 Å². The summed E-state index contributed by atoms with van der Waals surface area (Å²) < 4.78 is 91.4.